The van der Waals surface area contributed by atoms with Crippen molar-refractivity contribution in [3.63, 3.8) is 0 Å². The number of methoxy groups -OCH3 is 2. The fourth-order valence-corrected chi connectivity index (χ4v) is 5.81. The summed E-state index contributed by atoms with van der Waals surface area (Å²) in [5.74, 6) is 1.74. The van der Waals surface area contributed by atoms with Gasteiger partial charge in [0.25, 0.3) is 0 Å². The predicted molar refractivity (Wildman–Crippen MR) is 166 cm³/mol. The Kier molecular flexibility index (Phi) is 16.7. The number of azo groups is 1. The van der Waals surface area contributed by atoms with Gasteiger partial charge in [-0.1, -0.05) is 108 Å². The minimum absolute atomic E-state index is 0.126. The summed E-state index contributed by atoms with van der Waals surface area (Å²) in [6.07, 6.45) is 18.2. The third kappa shape index (κ3) is 11.3. The maximum Gasteiger partial charge on any atom is 0.123 e. The summed E-state index contributed by atoms with van der Waals surface area (Å²) in [4.78, 5) is 0. The van der Waals surface area contributed by atoms with Crippen molar-refractivity contribution in [3.05, 3.63) is 59.7 Å². The Morgan fingerprint density at radius 2 is 1.32 bits per heavy atom. The van der Waals surface area contributed by atoms with Crippen LogP contribution in [0.2, 0.25) is 0 Å². The van der Waals surface area contributed by atoms with Gasteiger partial charge in [0.15, 0.2) is 0 Å². The number of hydrogen-bond donors (Lipinski definition) is 0. The maximum absolute atomic E-state index is 10.6. The first-order valence-electron chi connectivity index (χ1n) is 15.6. The van der Waals surface area contributed by atoms with Crippen molar-refractivity contribution < 1.29 is 9.47 Å². The number of para-hydroxylation sites is 2. The number of unbranched alkanes of at least 4 members (excludes halogenated alkanes) is 9. The number of ether oxygens (including phenoxy) is 2. The van der Waals surface area contributed by atoms with Crippen LogP contribution in [0.5, 0.6) is 11.5 Å². The monoisotopic (exact) mass is 547 g/mol. The molecule has 2 aromatic rings. The molecule has 0 aromatic heterocycles. The van der Waals surface area contributed by atoms with Gasteiger partial charge in [0.05, 0.1) is 31.7 Å². The van der Waals surface area contributed by atoms with Crippen LogP contribution in [0.3, 0.4) is 0 Å². The predicted octanol–water partition coefficient (Wildman–Crippen LogP) is 10.0. The number of nitriles is 1. The Bertz CT molecular complexity index is 1020. The standard InChI is InChI=1S/C35H53N3O2/c1-5-6-7-8-9-10-11-12-13-18-27-35(29-36,32-22-15-17-24-34(32)40-4)28-19-21-31(38-37-2)26-25-30-20-14-16-23-33(30)39-3/h14-17,20,22-24,31H,5-13,18-19,21,25-28H2,1-4H3. The van der Waals surface area contributed by atoms with E-state index in [1.165, 1.54) is 63.4 Å². The zero-order valence-electron chi connectivity index (χ0n) is 25.7. The van der Waals surface area contributed by atoms with Gasteiger partial charge in [0.2, 0.25) is 0 Å². The lowest BCUT2D eigenvalue weighted by atomic mass is 9.73. The molecule has 5 heteroatoms. The molecular formula is C35H53N3O2. The molecule has 220 valence electrons. The van der Waals surface area contributed by atoms with Crippen LogP contribution in [0, 0.1) is 11.3 Å². The van der Waals surface area contributed by atoms with E-state index in [1.54, 1.807) is 21.3 Å². The number of aryl methyl sites for hydroxylation is 1. The molecule has 0 radical (unpaired) electrons. The lowest BCUT2D eigenvalue weighted by Crippen LogP contribution is -2.25. The lowest BCUT2D eigenvalue weighted by Gasteiger charge is -2.29. The number of nitrogens with zero attached hydrogens (tertiary/aromatic N) is 3. The van der Waals surface area contributed by atoms with E-state index in [1.807, 2.05) is 30.3 Å². The smallest absolute Gasteiger partial charge is 0.123 e. The molecule has 0 N–H and O–H groups in total. The van der Waals surface area contributed by atoms with Crippen molar-refractivity contribution in [2.75, 3.05) is 21.3 Å². The highest BCUT2D eigenvalue weighted by molar-refractivity contribution is 5.43. The second-order valence-corrected chi connectivity index (χ2v) is 11.0. The van der Waals surface area contributed by atoms with Gasteiger partial charge < -0.3 is 9.47 Å². The van der Waals surface area contributed by atoms with Gasteiger partial charge in [-0.2, -0.15) is 15.5 Å². The first kappa shape index (κ1) is 33.3. The fraction of sp³-hybridized carbons (Fsp3) is 0.629. The molecule has 0 fully saturated rings. The zero-order chi connectivity index (χ0) is 28.9. The Morgan fingerprint density at radius 1 is 0.750 bits per heavy atom. The highest BCUT2D eigenvalue weighted by atomic mass is 16.5. The van der Waals surface area contributed by atoms with E-state index in [-0.39, 0.29) is 6.04 Å². The second-order valence-electron chi connectivity index (χ2n) is 11.0. The molecule has 0 aliphatic heterocycles. The first-order chi connectivity index (χ1) is 19.6. The SMILES string of the molecule is CCCCCCCCCCCCC(C#N)(CCCC(CCc1ccccc1OC)N=NC)c1ccccc1OC. The van der Waals surface area contributed by atoms with Crippen molar-refractivity contribution in [3.8, 4) is 17.6 Å². The van der Waals surface area contributed by atoms with Crippen molar-refractivity contribution in [1.82, 2.24) is 0 Å². The molecule has 0 aliphatic carbocycles. The molecule has 0 aliphatic rings. The summed E-state index contributed by atoms with van der Waals surface area (Å²) in [6.45, 7) is 2.27. The molecule has 0 saturated heterocycles. The second kappa shape index (κ2) is 20.1. The molecule has 0 heterocycles. The Balaban J connectivity index is 1.98. The lowest BCUT2D eigenvalue weighted by molar-refractivity contribution is 0.365. The summed E-state index contributed by atoms with van der Waals surface area (Å²) in [5.41, 5.74) is 1.67. The topological polar surface area (TPSA) is 67.0 Å². The molecular weight excluding hydrogens is 494 g/mol. The van der Waals surface area contributed by atoms with Crippen LogP contribution < -0.4 is 9.47 Å². The summed E-state index contributed by atoms with van der Waals surface area (Å²) in [6, 6.07) is 19.2. The van der Waals surface area contributed by atoms with Crippen LogP contribution in [0.4, 0.5) is 0 Å². The Hall–Kier alpha value is -2.87. The van der Waals surface area contributed by atoms with E-state index in [0.717, 1.165) is 62.0 Å². The van der Waals surface area contributed by atoms with Crippen LogP contribution >= 0.6 is 0 Å². The first-order valence-corrected chi connectivity index (χ1v) is 15.6. The minimum Gasteiger partial charge on any atom is -0.496 e. The van der Waals surface area contributed by atoms with E-state index < -0.39 is 5.41 Å². The zero-order valence-corrected chi connectivity index (χ0v) is 25.7. The van der Waals surface area contributed by atoms with E-state index in [4.69, 9.17) is 9.47 Å². The Morgan fingerprint density at radius 3 is 1.95 bits per heavy atom. The third-order valence-corrected chi connectivity index (χ3v) is 8.15. The van der Waals surface area contributed by atoms with E-state index >= 15 is 0 Å². The molecule has 5 nitrogen and oxygen atoms in total. The van der Waals surface area contributed by atoms with Gasteiger partial charge in [-0.15, -0.1) is 0 Å². The summed E-state index contributed by atoms with van der Waals surface area (Å²) in [5, 5.41) is 19.3. The molecule has 0 spiro atoms. The summed E-state index contributed by atoms with van der Waals surface area (Å²) in [7, 11) is 5.17. The minimum atomic E-state index is -0.552. The largest absolute Gasteiger partial charge is 0.496 e. The van der Waals surface area contributed by atoms with Crippen LogP contribution in [0.25, 0.3) is 0 Å². The van der Waals surface area contributed by atoms with Gasteiger partial charge >= 0.3 is 0 Å². The molecule has 2 rings (SSSR count). The fourth-order valence-electron chi connectivity index (χ4n) is 5.81. The van der Waals surface area contributed by atoms with Gasteiger partial charge in [-0.05, 0) is 56.2 Å². The molecule has 2 unspecified atom stereocenters. The van der Waals surface area contributed by atoms with Crippen molar-refractivity contribution in [2.45, 2.75) is 121 Å². The molecule has 40 heavy (non-hydrogen) atoms. The normalized spacial score (nSPS) is 13.6. The van der Waals surface area contributed by atoms with Gasteiger partial charge in [-0.25, -0.2) is 0 Å². The third-order valence-electron chi connectivity index (χ3n) is 8.15. The molecule has 2 atom stereocenters. The quantitative estimate of drug-likeness (QED) is 0.109. The maximum atomic E-state index is 10.6. The van der Waals surface area contributed by atoms with Crippen molar-refractivity contribution in [2.24, 2.45) is 10.2 Å². The van der Waals surface area contributed by atoms with E-state index in [0.29, 0.717) is 0 Å². The highest BCUT2D eigenvalue weighted by Crippen LogP contribution is 2.40. The van der Waals surface area contributed by atoms with Crippen LogP contribution in [0.15, 0.2) is 58.8 Å². The average molecular weight is 548 g/mol. The molecule has 2 aromatic carbocycles. The highest BCUT2D eigenvalue weighted by Gasteiger charge is 2.34. The van der Waals surface area contributed by atoms with Crippen LogP contribution in [-0.2, 0) is 11.8 Å². The summed E-state index contributed by atoms with van der Waals surface area (Å²) >= 11 is 0. The van der Waals surface area contributed by atoms with Crippen molar-refractivity contribution in [1.29, 1.82) is 5.26 Å². The molecule has 0 saturated carbocycles. The molecule has 0 amide bonds. The number of benzene rings is 2. The van der Waals surface area contributed by atoms with Crippen molar-refractivity contribution >= 4 is 0 Å². The molecule has 0 bridgehead atoms. The van der Waals surface area contributed by atoms with E-state index in [9.17, 15) is 5.26 Å². The summed E-state index contributed by atoms with van der Waals surface area (Å²) < 4.78 is 11.3. The van der Waals surface area contributed by atoms with Gasteiger partial charge in [0.1, 0.15) is 11.5 Å². The van der Waals surface area contributed by atoms with E-state index in [2.05, 4.69) is 41.4 Å². The van der Waals surface area contributed by atoms with Crippen LogP contribution in [0.1, 0.15) is 114 Å². The number of hydrogen-bond acceptors (Lipinski definition) is 5. The average Bonchev–Trinajstić information content (AvgIpc) is 3.00. The van der Waals surface area contributed by atoms with Crippen LogP contribution in [-0.4, -0.2) is 27.3 Å². The number of rotatable bonds is 22. The Labute approximate surface area is 244 Å². The van der Waals surface area contributed by atoms with Gasteiger partial charge in [0, 0.05) is 12.6 Å². The van der Waals surface area contributed by atoms with Gasteiger partial charge in [-0.3, -0.25) is 0 Å².